The molecule has 2 heterocycles. The van der Waals surface area contributed by atoms with E-state index in [1.54, 1.807) is 6.26 Å². The fourth-order valence-corrected chi connectivity index (χ4v) is 2.62. The zero-order valence-corrected chi connectivity index (χ0v) is 11.6. The maximum atomic E-state index is 5.76. The normalized spacial score (nSPS) is 20.2. The highest BCUT2D eigenvalue weighted by atomic mass is 16.3. The van der Waals surface area contributed by atoms with Gasteiger partial charge in [-0.1, -0.05) is 6.92 Å². The SMILES string of the molecule is CCN1CCC(Cc2nc(CC(C)N)co2)CC1. The summed E-state index contributed by atoms with van der Waals surface area (Å²) in [5, 5.41) is 0. The van der Waals surface area contributed by atoms with Gasteiger partial charge in [0.25, 0.3) is 0 Å². The van der Waals surface area contributed by atoms with Crippen LogP contribution >= 0.6 is 0 Å². The Hall–Kier alpha value is -0.870. The van der Waals surface area contributed by atoms with Crippen molar-refractivity contribution in [3.8, 4) is 0 Å². The molecule has 0 aliphatic carbocycles. The first kappa shape index (κ1) is 13.6. The standard InChI is InChI=1S/C14H25N3O/c1-3-17-6-4-12(5-7-17)9-14-16-13(10-18-14)8-11(2)15/h10-12H,3-9,15H2,1-2H3. The predicted octanol–water partition coefficient (Wildman–Crippen LogP) is 1.84. The summed E-state index contributed by atoms with van der Waals surface area (Å²) in [6.07, 6.45) is 6.08. The van der Waals surface area contributed by atoms with Crippen LogP contribution in [0.1, 0.15) is 38.3 Å². The van der Waals surface area contributed by atoms with Gasteiger partial charge in [-0.25, -0.2) is 4.98 Å². The van der Waals surface area contributed by atoms with E-state index in [0.717, 1.165) is 30.3 Å². The number of likely N-dealkylation sites (tertiary alicyclic amines) is 1. The molecule has 0 radical (unpaired) electrons. The summed E-state index contributed by atoms with van der Waals surface area (Å²) in [7, 11) is 0. The highest BCUT2D eigenvalue weighted by Gasteiger charge is 2.20. The molecule has 0 saturated carbocycles. The Morgan fingerprint density at radius 1 is 1.50 bits per heavy atom. The van der Waals surface area contributed by atoms with Crippen LogP contribution in [0.25, 0.3) is 0 Å². The third-order valence-corrected chi connectivity index (χ3v) is 3.75. The Labute approximate surface area is 110 Å². The van der Waals surface area contributed by atoms with Gasteiger partial charge in [0.1, 0.15) is 6.26 Å². The Morgan fingerprint density at radius 2 is 2.22 bits per heavy atom. The third-order valence-electron chi connectivity index (χ3n) is 3.75. The van der Waals surface area contributed by atoms with E-state index in [0.29, 0.717) is 0 Å². The second-order valence-corrected chi connectivity index (χ2v) is 5.50. The molecule has 4 heteroatoms. The molecule has 0 aromatic carbocycles. The quantitative estimate of drug-likeness (QED) is 0.867. The van der Waals surface area contributed by atoms with Crippen LogP contribution < -0.4 is 5.73 Å². The van der Waals surface area contributed by atoms with Gasteiger partial charge in [-0.05, 0) is 45.3 Å². The molecule has 1 aliphatic rings. The van der Waals surface area contributed by atoms with Gasteiger partial charge in [0.05, 0.1) is 5.69 Å². The van der Waals surface area contributed by atoms with Gasteiger partial charge >= 0.3 is 0 Å². The summed E-state index contributed by atoms with van der Waals surface area (Å²) in [6, 6.07) is 0.149. The van der Waals surface area contributed by atoms with Crippen molar-refractivity contribution in [2.24, 2.45) is 11.7 Å². The number of hydrogen-bond donors (Lipinski definition) is 1. The predicted molar refractivity (Wildman–Crippen MR) is 72.4 cm³/mol. The van der Waals surface area contributed by atoms with Crippen LogP contribution in [0.2, 0.25) is 0 Å². The van der Waals surface area contributed by atoms with Crippen LogP contribution in [-0.4, -0.2) is 35.6 Å². The second-order valence-electron chi connectivity index (χ2n) is 5.50. The molecule has 1 saturated heterocycles. The smallest absolute Gasteiger partial charge is 0.194 e. The first-order valence-corrected chi connectivity index (χ1v) is 7.08. The van der Waals surface area contributed by atoms with Crippen molar-refractivity contribution in [2.75, 3.05) is 19.6 Å². The van der Waals surface area contributed by atoms with Crippen LogP contribution in [0.5, 0.6) is 0 Å². The van der Waals surface area contributed by atoms with Crippen molar-refractivity contribution in [1.29, 1.82) is 0 Å². The molecule has 0 amide bonds. The number of hydrogen-bond acceptors (Lipinski definition) is 4. The van der Waals surface area contributed by atoms with Gasteiger partial charge in [-0.3, -0.25) is 0 Å². The molecule has 1 aromatic rings. The fourth-order valence-electron chi connectivity index (χ4n) is 2.62. The van der Waals surface area contributed by atoms with E-state index in [2.05, 4.69) is 16.8 Å². The number of nitrogens with zero attached hydrogens (tertiary/aromatic N) is 2. The van der Waals surface area contributed by atoms with Crippen LogP contribution in [0.3, 0.4) is 0 Å². The minimum Gasteiger partial charge on any atom is -0.449 e. The number of piperidine rings is 1. The van der Waals surface area contributed by atoms with Gasteiger partial charge in [-0.2, -0.15) is 0 Å². The summed E-state index contributed by atoms with van der Waals surface area (Å²) in [5.74, 6) is 1.62. The van der Waals surface area contributed by atoms with Crippen LogP contribution in [-0.2, 0) is 12.8 Å². The molecule has 1 unspecified atom stereocenters. The monoisotopic (exact) mass is 251 g/mol. The fraction of sp³-hybridized carbons (Fsp3) is 0.786. The van der Waals surface area contributed by atoms with E-state index in [-0.39, 0.29) is 6.04 Å². The van der Waals surface area contributed by atoms with E-state index < -0.39 is 0 Å². The van der Waals surface area contributed by atoms with Crippen molar-refractivity contribution in [3.63, 3.8) is 0 Å². The van der Waals surface area contributed by atoms with Crippen molar-refractivity contribution in [2.45, 2.75) is 45.6 Å². The maximum Gasteiger partial charge on any atom is 0.194 e. The van der Waals surface area contributed by atoms with Gasteiger partial charge in [0.15, 0.2) is 5.89 Å². The van der Waals surface area contributed by atoms with Crippen molar-refractivity contribution in [1.82, 2.24) is 9.88 Å². The Kier molecular flexibility index (Phi) is 4.78. The van der Waals surface area contributed by atoms with Crippen molar-refractivity contribution < 1.29 is 4.42 Å². The Bertz CT molecular complexity index is 354. The number of aromatic nitrogens is 1. The lowest BCUT2D eigenvalue weighted by atomic mass is 9.93. The van der Waals surface area contributed by atoms with Crippen LogP contribution in [0.15, 0.2) is 10.7 Å². The molecule has 2 rings (SSSR count). The topological polar surface area (TPSA) is 55.3 Å². The average Bonchev–Trinajstić information content (AvgIpc) is 2.76. The molecule has 102 valence electrons. The van der Waals surface area contributed by atoms with Gasteiger partial charge in [0, 0.05) is 18.9 Å². The molecule has 1 aliphatic heterocycles. The van der Waals surface area contributed by atoms with Crippen LogP contribution in [0.4, 0.5) is 0 Å². The molecular formula is C14H25N3O. The van der Waals surface area contributed by atoms with E-state index in [1.165, 1.54) is 32.5 Å². The molecular weight excluding hydrogens is 226 g/mol. The minimum absolute atomic E-state index is 0.149. The van der Waals surface area contributed by atoms with E-state index >= 15 is 0 Å². The third kappa shape index (κ3) is 3.82. The molecule has 2 N–H and O–H groups in total. The molecule has 0 spiro atoms. The Morgan fingerprint density at radius 3 is 2.83 bits per heavy atom. The van der Waals surface area contributed by atoms with Gasteiger partial charge < -0.3 is 15.1 Å². The second kappa shape index (κ2) is 6.34. The largest absolute Gasteiger partial charge is 0.449 e. The lowest BCUT2D eigenvalue weighted by molar-refractivity contribution is 0.187. The summed E-state index contributed by atoms with van der Waals surface area (Å²) in [6.45, 7) is 7.83. The minimum atomic E-state index is 0.149. The van der Waals surface area contributed by atoms with Gasteiger partial charge in [-0.15, -0.1) is 0 Å². The maximum absolute atomic E-state index is 5.76. The zero-order chi connectivity index (χ0) is 13.0. The summed E-state index contributed by atoms with van der Waals surface area (Å²) in [4.78, 5) is 7.03. The lowest BCUT2D eigenvalue weighted by Crippen LogP contribution is -2.34. The van der Waals surface area contributed by atoms with Crippen LogP contribution in [0, 0.1) is 5.92 Å². The highest BCUT2D eigenvalue weighted by molar-refractivity contribution is 4.99. The number of nitrogens with two attached hydrogens (primary N) is 1. The first-order valence-electron chi connectivity index (χ1n) is 7.08. The molecule has 0 bridgehead atoms. The van der Waals surface area contributed by atoms with Crippen molar-refractivity contribution >= 4 is 0 Å². The molecule has 1 fully saturated rings. The molecule has 18 heavy (non-hydrogen) atoms. The average molecular weight is 251 g/mol. The van der Waals surface area contributed by atoms with Gasteiger partial charge in [0.2, 0.25) is 0 Å². The highest BCUT2D eigenvalue weighted by Crippen LogP contribution is 2.21. The van der Waals surface area contributed by atoms with E-state index in [4.69, 9.17) is 10.2 Å². The summed E-state index contributed by atoms with van der Waals surface area (Å²) < 4.78 is 5.54. The molecule has 1 atom stereocenters. The number of oxazole rings is 1. The lowest BCUT2D eigenvalue weighted by Gasteiger charge is -2.30. The molecule has 1 aromatic heterocycles. The summed E-state index contributed by atoms with van der Waals surface area (Å²) >= 11 is 0. The first-order chi connectivity index (χ1) is 8.67. The molecule has 4 nitrogen and oxygen atoms in total. The Balaban J connectivity index is 1.81. The number of rotatable bonds is 5. The summed E-state index contributed by atoms with van der Waals surface area (Å²) in [5.41, 5.74) is 6.75. The van der Waals surface area contributed by atoms with E-state index in [9.17, 15) is 0 Å². The van der Waals surface area contributed by atoms with E-state index in [1.807, 2.05) is 6.92 Å². The zero-order valence-electron chi connectivity index (χ0n) is 11.6. The van der Waals surface area contributed by atoms with Crippen molar-refractivity contribution in [3.05, 3.63) is 17.8 Å².